The predicted octanol–water partition coefficient (Wildman–Crippen LogP) is 5.36. The van der Waals surface area contributed by atoms with Crippen molar-refractivity contribution in [1.29, 1.82) is 0 Å². The molecule has 1 heterocycles. The van der Waals surface area contributed by atoms with Crippen molar-refractivity contribution in [3.63, 3.8) is 0 Å². The highest BCUT2D eigenvalue weighted by Gasteiger charge is 2.24. The molecule has 2 aromatic carbocycles. The molecular formula is C21H17BrINO4. The van der Waals surface area contributed by atoms with E-state index >= 15 is 0 Å². The normalized spacial score (nSPS) is 14.6. The highest BCUT2D eigenvalue weighted by atomic mass is 127. The minimum atomic E-state index is -0.494. The molecule has 0 N–H and O–H groups in total. The molecule has 0 saturated heterocycles. The molecule has 144 valence electrons. The Morgan fingerprint density at radius 1 is 1.36 bits per heavy atom. The zero-order chi connectivity index (χ0) is 20.3. The Kier molecular flexibility index (Phi) is 6.56. The molecule has 0 aromatic heterocycles. The Labute approximate surface area is 185 Å². The lowest BCUT2D eigenvalue weighted by molar-refractivity contribution is -0.129. The van der Waals surface area contributed by atoms with Crippen LogP contribution in [0.4, 0.5) is 0 Å². The van der Waals surface area contributed by atoms with Gasteiger partial charge in [0.2, 0.25) is 5.90 Å². The Balaban J connectivity index is 1.93. The van der Waals surface area contributed by atoms with Gasteiger partial charge in [-0.2, -0.15) is 0 Å². The summed E-state index contributed by atoms with van der Waals surface area (Å²) in [5, 5.41) is 0. The van der Waals surface area contributed by atoms with E-state index in [1.807, 2.05) is 37.3 Å². The molecule has 0 unspecified atom stereocenters. The molecule has 0 fully saturated rings. The molecule has 0 amide bonds. The SMILES string of the molecule is C=C(C)COc1c(Br)cc(/C=C2/N=C(c3cccc(I)c3)OC2=O)cc1OC. The maximum absolute atomic E-state index is 12.2. The Morgan fingerprint density at radius 3 is 2.82 bits per heavy atom. The van der Waals surface area contributed by atoms with Gasteiger partial charge < -0.3 is 14.2 Å². The first-order valence-electron chi connectivity index (χ1n) is 8.30. The highest BCUT2D eigenvalue weighted by molar-refractivity contribution is 14.1. The van der Waals surface area contributed by atoms with Crippen LogP contribution in [0.1, 0.15) is 18.1 Å². The van der Waals surface area contributed by atoms with Crippen LogP contribution in [0.25, 0.3) is 6.08 Å². The molecule has 28 heavy (non-hydrogen) atoms. The summed E-state index contributed by atoms with van der Waals surface area (Å²) >= 11 is 5.69. The smallest absolute Gasteiger partial charge is 0.363 e. The average Bonchev–Trinajstić information content (AvgIpc) is 3.01. The number of ether oxygens (including phenoxy) is 3. The quantitative estimate of drug-likeness (QED) is 0.209. The van der Waals surface area contributed by atoms with Crippen molar-refractivity contribution in [3.8, 4) is 11.5 Å². The number of esters is 1. The number of hydrogen-bond donors (Lipinski definition) is 0. The number of carbonyl (C=O) groups excluding carboxylic acids is 1. The maximum atomic E-state index is 12.2. The van der Waals surface area contributed by atoms with E-state index in [-0.39, 0.29) is 5.70 Å². The van der Waals surface area contributed by atoms with Crippen LogP contribution in [0.15, 0.2) is 63.7 Å². The van der Waals surface area contributed by atoms with Gasteiger partial charge in [0.05, 0.1) is 11.6 Å². The van der Waals surface area contributed by atoms with E-state index in [1.165, 1.54) is 0 Å². The van der Waals surface area contributed by atoms with Gasteiger partial charge in [-0.1, -0.05) is 12.6 Å². The number of methoxy groups -OCH3 is 1. The number of carbonyl (C=O) groups is 1. The van der Waals surface area contributed by atoms with Crippen LogP contribution in [0.5, 0.6) is 11.5 Å². The number of nitrogens with zero attached hydrogens (tertiary/aromatic N) is 1. The fraction of sp³-hybridized carbons (Fsp3) is 0.143. The summed E-state index contributed by atoms with van der Waals surface area (Å²) < 4.78 is 18.2. The van der Waals surface area contributed by atoms with Crippen molar-refractivity contribution in [2.45, 2.75) is 6.92 Å². The minimum absolute atomic E-state index is 0.221. The molecule has 2 aromatic rings. The van der Waals surface area contributed by atoms with E-state index in [2.05, 4.69) is 50.1 Å². The third-order valence-corrected chi connectivity index (χ3v) is 4.97. The predicted molar refractivity (Wildman–Crippen MR) is 121 cm³/mol. The summed E-state index contributed by atoms with van der Waals surface area (Å²) in [6.45, 7) is 6.09. The van der Waals surface area contributed by atoms with Gasteiger partial charge in [0.1, 0.15) is 6.61 Å². The fourth-order valence-electron chi connectivity index (χ4n) is 2.47. The Hall–Kier alpha value is -2.13. The maximum Gasteiger partial charge on any atom is 0.363 e. The van der Waals surface area contributed by atoms with Crippen molar-refractivity contribution in [1.82, 2.24) is 0 Å². The van der Waals surface area contributed by atoms with Gasteiger partial charge in [0.25, 0.3) is 0 Å². The van der Waals surface area contributed by atoms with Crippen LogP contribution in [0, 0.1) is 3.57 Å². The molecule has 7 heteroatoms. The van der Waals surface area contributed by atoms with Crippen molar-refractivity contribution in [2.75, 3.05) is 13.7 Å². The minimum Gasteiger partial charge on any atom is -0.493 e. The topological polar surface area (TPSA) is 57.1 Å². The number of halogens is 2. The second-order valence-corrected chi connectivity index (χ2v) is 8.23. The molecule has 5 nitrogen and oxygen atoms in total. The van der Waals surface area contributed by atoms with Gasteiger partial charge >= 0.3 is 5.97 Å². The second kappa shape index (κ2) is 8.91. The van der Waals surface area contributed by atoms with Crippen molar-refractivity contribution >= 4 is 56.5 Å². The van der Waals surface area contributed by atoms with Gasteiger partial charge in [-0.15, -0.1) is 0 Å². The standard InChI is InChI=1S/C21H17BrINO4/c1-12(2)11-27-19-16(22)7-13(9-18(19)26-3)8-17-21(25)28-20(24-17)14-5-4-6-15(23)10-14/h4-10H,1,11H2,2-3H3/b17-8+. The van der Waals surface area contributed by atoms with Crippen LogP contribution in [0.3, 0.4) is 0 Å². The van der Waals surface area contributed by atoms with Gasteiger partial charge in [0, 0.05) is 9.13 Å². The second-order valence-electron chi connectivity index (χ2n) is 6.13. The summed E-state index contributed by atoms with van der Waals surface area (Å²) in [5.41, 5.74) is 2.60. The number of rotatable bonds is 6. The number of aliphatic imine (C=N–C) groups is 1. The van der Waals surface area contributed by atoms with Gasteiger partial charge in [-0.3, -0.25) is 0 Å². The van der Waals surface area contributed by atoms with E-state index in [0.29, 0.717) is 28.5 Å². The van der Waals surface area contributed by atoms with Gasteiger partial charge in [-0.25, -0.2) is 9.79 Å². The lowest BCUT2D eigenvalue weighted by Gasteiger charge is -2.13. The third kappa shape index (κ3) is 4.82. The van der Waals surface area contributed by atoms with Crippen molar-refractivity contribution < 1.29 is 19.0 Å². The van der Waals surface area contributed by atoms with E-state index in [0.717, 1.165) is 20.3 Å². The largest absolute Gasteiger partial charge is 0.493 e. The van der Waals surface area contributed by atoms with Crippen LogP contribution in [0.2, 0.25) is 0 Å². The van der Waals surface area contributed by atoms with Gasteiger partial charge in [-0.05, 0) is 93.0 Å². The molecule has 0 saturated carbocycles. The Morgan fingerprint density at radius 2 is 2.14 bits per heavy atom. The number of hydrogen-bond acceptors (Lipinski definition) is 5. The highest BCUT2D eigenvalue weighted by Crippen LogP contribution is 2.37. The van der Waals surface area contributed by atoms with Crippen LogP contribution >= 0.6 is 38.5 Å². The number of cyclic esters (lactones) is 1. The van der Waals surface area contributed by atoms with Crippen LogP contribution in [-0.4, -0.2) is 25.6 Å². The molecule has 1 aliphatic heterocycles. The monoisotopic (exact) mass is 553 g/mol. The summed E-state index contributed by atoms with van der Waals surface area (Å²) in [7, 11) is 1.56. The average molecular weight is 554 g/mol. The lowest BCUT2D eigenvalue weighted by Crippen LogP contribution is -2.05. The third-order valence-electron chi connectivity index (χ3n) is 3.71. The lowest BCUT2D eigenvalue weighted by atomic mass is 10.1. The molecule has 0 aliphatic carbocycles. The van der Waals surface area contributed by atoms with E-state index < -0.39 is 5.97 Å². The van der Waals surface area contributed by atoms with E-state index in [9.17, 15) is 4.79 Å². The van der Waals surface area contributed by atoms with Crippen molar-refractivity contribution in [2.24, 2.45) is 4.99 Å². The molecule has 1 aliphatic rings. The Bertz CT molecular complexity index is 1010. The van der Waals surface area contributed by atoms with Crippen LogP contribution < -0.4 is 9.47 Å². The van der Waals surface area contributed by atoms with Crippen LogP contribution in [-0.2, 0) is 9.53 Å². The van der Waals surface area contributed by atoms with Crippen molar-refractivity contribution in [3.05, 3.63) is 73.4 Å². The molecule has 3 rings (SSSR count). The van der Waals surface area contributed by atoms with E-state index in [1.54, 1.807) is 19.3 Å². The first-order valence-corrected chi connectivity index (χ1v) is 10.2. The zero-order valence-electron chi connectivity index (χ0n) is 15.3. The zero-order valence-corrected chi connectivity index (χ0v) is 19.0. The van der Waals surface area contributed by atoms with E-state index in [4.69, 9.17) is 14.2 Å². The first kappa shape index (κ1) is 20.6. The summed E-state index contributed by atoms with van der Waals surface area (Å²) in [5.74, 6) is 0.911. The molecule has 0 bridgehead atoms. The molecule has 0 atom stereocenters. The molecular weight excluding hydrogens is 537 g/mol. The molecule has 0 radical (unpaired) electrons. The molecule has 0 spiro atoms. The summed E-state index contributed by atoms with van der Waals surface area (Å²) in [6, 6.07) is 11.2. The fourth-order valence-corrected chi connectivity index (χ4v) is 3.59. The van der Waals surface area contributed by atoms with Gasteiger partial charge in [0.15, 0.2) is 17.2 Å². The first-order chi connectivity index (χ1) is 13.4. The summed E-state index contributed by atoms with van der Waals surface area (Å²) in [6.07, 6.45) is 1.65. The number of benzene rings is 2. The summed E-state index contributed by atoms with van der Waals surface area (Å²) in [4.78, 5) is 16.6.